The zero-order valence-electron chi connectivity index (χ0n) is 21.9. The molecule has 1 amide bonds. The fourth-order valence-electron chi connectivity index (χ4n) is 4.65. The van der Waals surface area contributed by atoms with Crippen molar-refractivity contribution in [1.82, 2.24) is 9.13 Å². The number of nitrogens with two attached hydrogens (primary N) is 1. The molecule has 0 radical (unpaired) electrons. The van der Waals surface area contributed by atoms with Gasteiger partial charge in [0.05, 0.1) is 12.3 Å². The maximum Gasteiger partial charge on any atom is 0.337 e. The van der Waals surface area contributed by atoms with Crippen LogP contribution in [-0.4, -0.2) is 32.4 Å². The largest absolute Gasteiger partial charge is 0.507 e. The summed E-state index contributed by atoms with van der Waals surface area (Å²) in [5.41, 5.74) is 6.70. The van der Waals surface area contributed by atoms with Crippen LogP contribution in [-0.2, 0) is 18.3 Å². The third-order valence-corrected chi connectivity index (χ3v) is 7.14. The molecule has 2 aromatic carbocycles. The van der Waals surface area contributed by atoms with Crippen molar-refractivity contribution >= 4 is 17.4 Å². The lowest BCUT2D eigenvalue weighted by molar-refractivity contribution is -0.131. The molecular weight excluding hydrogens is 476 g/mol. The maximum atomic E-state index is 13.6. The number of nitrogens with zero attached hydrogens (tertiary/aromatic N) is 2. The van der Waals surface area contributed by atoms with E-state index in [1.54, 1.807) is 38.1 Å². The molecule has 1 aromatic heterocycles. The number of aromatic hydroxyl groups is 1. The summed E-state index contributed by atoms with van der Waals surface area (Å²) in [6.07, 6.45) is 0.802. The summed E-state index contributed by atoms with van der Waals surface area (Å²) in [6.45, 7) is 9.25. The molecule has 1 aliphatic rings. The molecule has 2 heterocycles. The second kappa shape index (κ2) is 9.34. The highest BCUT2D eigenvalue weighted by atomic mass is 16.5. The van der Waals surface area contributed by atoms with E-state index in [1.807, 2.05) is 20.8 Å². The van der Waals surface area contributed by atoms with Gasteiger partial charge in [-0.1, -0.05) is 12.1 Å². The summed E-state index contributed by atoms with van der Waals surface area (Å²) in [5.74, 6) is 0.375. The number of carbonyl (C=O) groups excluding carboxylic acids is 1. The Labute approximate surface area is 214 Å². The molecule has 10 nitrogen and oxygen atoms in total. The molecule has 196 valence electrons. The Bertz CT molecular complexity index is 1540. The number of hydrogen-bond acceptors (Lipinski definition) is 7. The number of fused-ring (bicyclic) bond motifs is 1. The average Bonchev–Trinajstić information content (AvgIpc) is 2.88. The molecule has 1 atom stereocenters. The second-order valence-corrected chi connectivity index (χ2v) is 9.46. The fourth-order valence-corrected chi connectivity index (χ4v) is 4.65. The molecule has 4 rings (SSSR count). The van der Waals surface area contributed by atoms with Crippen LogP contribution in [0.3, 0.4) is 0 Å². The van der Waals surface area contributed by atoms with Gasteiger partial charge in [-0.2, -0.15) is 0 Å². The summed E-state index contributed by atoms with van der Waals surface area (Å²) < 4.78 is 13.9. The van der Waals surface area contributed by atoms with Gasteiger partial charge in [-0.3, -0.25) is 14.2 Å². The Morgan fingerprint density at radius 3 is 2.54 bits per heavy atom. The minimum absolute atomic E-state index is 0.221. The normalized spacial score (nSPS) is 16.6. The van der Waals surface area contributed by atoms with Gasteiger partial charge in [0, 0.05) is 19.0 Å². The molecule has 0 saturated heterocycles. The van der Waals surface area contributed by atoms with E-state index in [-0.39, 0.29) is 17.3 Å². The molecule has 0 fully saturated rings. The Morgan fingerprint density at radius 1 is 1.19 bits per heavy atom. The van der Waals surface area contributed by atoms with Crippen molar-refractivity contribution in [2.24, 2.45) is 7.05 Å². The quantitative estimate of drug-likeness (QED) is 0.482. The molecule has 10 heteroatoms. The predicted molar refractivity (Wildman–Crippen MR) is 141 cm³/mol. The van der Waals surface area contributed by atoms with E-state index in [1.165, 1.54) is 7.05 Å². The highest BCUT2D eigenvalue weighted by molar-refractivity contribution is 5.99. The number of hydrogen-bond donors (Lipinski definition) is 3. The number of carbonyl (C=O) groups is 1. The fraction of sp³-hybridized carbons (Fsp3) is 0.370. The highest BCUT2D eigenvalue weighted by Crippen LogP contribution is 2.43. The van der Waals surface area contributed by atoms with Crippen molar-refractivity contribution in [2.45, 2.75) is 53.1 Å². The van der Waals surface area contributed by atoms with Crippen LogP contribution in [0.2, 0.25) is 0 Å². The van der Waals surface area contributed by atoms with Crippen LogP contribution in [0.15, 0.2) is 33.9 Å². The van der Waals surface area contributed by atoms with E-state index in [2.05, 4.69) is 5.32 Å². The van der Waals surface area contributed by atoms with Gasteiger partial charge >= 0.3 is 5.69 Å². The third-order valence-electron chi connectivity index (χ3n) is 7.14. The summed E-state index contributed by atoms with van der Waals surface area (Å²) in [5, 5.41) is 13.1. The van der Waals surface area contributed by atoms with E-state index in [4.69, 9.17) is 15.2 Å². The minimum Gasteiger partial charge on any atom is -0.507 e. The number of ether oxygens (including phenoxy) is 2. The minimum atomic E-state index is -1.32. The Kier molecular flexibility index (Phi) is 6.53. The first-order valence-electron chi connectivity index (χ1n) is 12.1. The lowest BCUT2D eigenvalue weighted by Crippen LogP contribution is -2.50. The molecule has 0 spiro atoms. The van der Waals surface area contributed by atoms with Crippen molar-refractivity contribution in [3.05, 3.63) is 67.4 Å². The molecule has 0 saturated carbocycles. The van der Waals surface area contributed by atoms with Crippen molar-refractivity contribution in [3.8, 4) is 22.9 Å². The van der Waals surface area contributed by atoms with Gasteiger partial charge in [0.2, 0.25) is 0 Å². The Balaban J connectivity index is 1.77. The lowest BCUT2D eigenvalue weighted by Gasteiger charge is -2.36. The summed E-state index contributed by atoms with van der Waals surface area (Å²) in [6, 6.07) is 6.80. The van der Waals surface area contributed by atoms with E-state index < -0.39 is 22.8 Å². The molecule has 0 aliphatic carbocycles. The third kappa shape index (κ3) is 4.12. The van der Waals surface area contributed by atoms with E-state index in [0.29, 0.717) is 42.2 Å². The van der Waals surface area contributed by atoms with Crippen molar-refractivity contribution in [1.29, 1.82) is 0 Å². The van der Waals surface area contributed by atoms with Gasteiger partial charge in [-0.15, -0.1) is 0 Å². The standard InChI is InChI=1S/C27H32N4O6/c1-7-36-19-11-9-8-10-18(19)31-23(28)20(24(33)30(6)26(31)35)29-25(34)27(5)13-12-17-16(4)21(32)14(2)15(3)22(17)37-27/h8-11,32H,7,12-13,28H2,1-6H3,(H,29,34). The number of phenolic OH excluding ortho intramolecular Hbond substituents is 1. The number of para-hydroxylation sites is 2. The van der Waals surface area contributed by atoms with Crippen LogP contribution in [0.4, 0.5) is 11.5 Å². The van der Waals surface area contributed by atoms with Crippen LogP contribution in [0, 0.1) is 20.8 Å². The van der Waals surface area contributed by atoms with Gasteiger partial charge in [0.1, 0.15) is 28.8 Å². The van der Waals surface area contributed by atoms with Gasteiger partial charge in [-0.25, -0.2) is 9.36 Å². The maximum absolute atomic E-state index is 13.6. The molecule has 1 unspecified atom stereocenters. The van der Waals surface area contributed by atoms with Gasteiger partial charge in [0.15, 0.2) is 5.60 Å². The lowest BCUT2D eigenvalue weighted by atomic mass is 9.86. The smallest absolute Gasteiger partial charge is 0.337 e. The van der Waals surface area contributed by atoms with E-state index in [9.17, 15) is 19.5 Å². The Morgan fingerprint density at radius 2 is 1.86 bits per heavy atom. The van der Waals surface area contributed by atoms with Crippen molar-refractivity contribution in [3.63, 3.8) is 0 Å². The number of amides is 1. The topological polar surface area (TPSA) is 138 Å². The zero-order valence-corrected chi connectivity index (χ0v) is 21.9. The zero-order chi connectivity index (χ0) is 27.2. The van der Waals surface area contributed by atoms with E-state index in [0.717, 1.165) is 25.8 Å². The first-order valence-corrected chi connectivity index (χ1v) is 12.1. The van der Waals surface area contributed by atoms with E-state index >= 15 is 0 Å². The Hall–Kier alpha value is -4.21. The first kappa shape index (κ1) is 25.9. The van der Waals surface area contributed by atoms with Crippen LogP contribution in [0.1, 0.15) is 42.5 Å². The summed E-state index contributed by atoms with van der Waals surface area (Å²) >= 11 is 0. The highest BCUT2D eigenvalue weighted by Gasteiger charge is 2.41. The molecular formula is C27H32N4O6. The first-order chi connectivity index (χ1) is 17.4. The van der Waals surface area contributed by atoms with Gasteiger partial charge in [0.25, 0.3) is 11.5 Å². The van der Waals surface area contributed by atoms with Crippen LogP contribution < -0.4 is 31.8 Å². The molecule has 0 bridgehead atoms. The monoisotopic (exact) mass is 508 g/mol. The number of benzene rings is 2. The summed E-state index contributed by atoms with van der Waals surface area (Å²) in [4.78, 5) is 39.7. The number of rotatable bonds is 5. The number of nitrogen functional groups attached to an aromatic ring is 1. The van der Waals surface area contributed by atoms with Crippen LogP contribution >= 0.6 is 0 Å². The number of aromatic nitrogens is 2. The molecule has 1 aliphatic heterocycles. The van der Waals surface area contributed by atoms with Gasteiger partial charge < -0.3 is 25.6 Å². The second-order valence-electron chi connectivity index (χ2n) is 9.46. The average molecular weight is 509 g/mol. The van der Waals surface area contributed by atoms with Gasteiger partial charge in [-0.05, 0) is 69.9 Å². The molecule has 3 aromatic rings. The number of phenols is 1. The SMILES string of the molecule is CCOc1ccccc1-n1c(N)c(NC(=O)C2(C)CCc3c(C)c(O)c(C)c(C)c3O2)c(=O)n(C)c1=O. The number of nitrogens with one attached hydrogen (secondary N) is 1. The van der Waals surface area contributed by atoms with Crippen molar-refractivity contribution in [2.75, 3.05) is 17.7 Å². The van der Waals surface area contributed by atoms with Crippen LogP contribution in [0.25, 0.3) is 5.69 Å². The van der Waals surface area contributed by atoms with Crippen molar-refractivity contribution < 1.29 is 19.4 Å². The molecule has 4 N–H and O–H groups in total. The molecule has 37 heavy (non-hydrogen) atoms. The van der Waals surface area contributed by atoms with Crippen LogP contribution in [0.5, 0.6) is 17.2 Å². The summed E-state index contributed by atoms with van der Waals surface area (Å²) in [7, 11) is 1.32. The predicted octanol–water partition coefficient (Wildman–Crippen LogP) is 2.87. The number of anilines is 2.